The lowest BCUT2D eigenvalue weighted by Crippen LogP contribution is -2.27. The lowest BCUT2D eigenvalue weighted by atomic mass is 9.69. The summed E-state index contributed by atoms with van der Waals surface area (Å²) in [4.78, 5) is 0. The van der Waals surface area contributed by atoms with Gasteiger partial charge in [-0.2, -0.15) is 0 Å². The number of ether oxygens (including phenoxy) is 1. The zero-order chi connectivity index (χ0) is 11.0. The fourth-order valence-electron chi connectivity index (χ4n) is 3.21. The summed E-state index contributed by atoms with van der Waals surface area (Å²) in [6.45, 7) is 4.17. The van der Waals surface area contributed by atoms with E-state index in [9.17, 15) is 0 Å². The van der Waals surface area contributed by atoms with E-state index in [1.54, 1.807) is 0 Å². The average Bonchev–Trinajstić information content (AvgIpc) is 2.78. The van der Waals surface area contributed by atoms with Crippen molar-refractivity contribution in [3.05, 3.63) is 48.0 Å². The zero-order valence-electron chi connectivity index (χ0n) is 9.67. The second kappa shape index (κ2) is 4.06. The summed E-state index contributed by atoms with van der Waals surface area (Å²) in [6.07, 6.45) is 4.73. The van der Waals surface area contributed by atoms with E-state index in [1.807, 2.05) is 0 Å². The highest BCUT2D eigenvalue weighted by Gasteiger charge is 2.38. The molecule has 2 aliphatic rings. The van der Waals surface area contributed by atoms with Crippen LogP contribution in [0.5, 0.6) is 0 Å². The van der Waals surface area contributed by atoms with Crippen LogP contribution in [-0.2, 0) is 4.74 Å². The van der Waals surface area contributed by atoms with E-state index in [0.717, 1.165) is 13.2 Å². The highest BCUT2D eigenvalue weighted by atomic mass is 16.5. The predicted octanol–water partition coefficient (Wildman–Crippen LogP) is 3.24. The van der Waals surface area contributed by atoms with Gasteiger partial charge in [0.2, 0.25) is 0 Å². The molecule has 0 bridgehead atoms. The van der Waals surface area contributed by atoms with Crippen LogP contribution in [0.15, 0.2) is 42.5 Å². The number of hydrogen-bond acceptors (Lipinski definition) is 1. The number of allylic oxidation sites excluding steroid dienone is 1. The van der Waals surface area contributed by atoms with Gasteiger partial charge >= 0.3 is 0 Å². The second-order valence-corrected chi connectivity index (χ2v) is 5.05. The molecule has 16 heavy (non-hydrogen) atoms. The van der Waals surface area contributed by atoms with Crippen molar-refractivity contribution in [2.24, 2.45) is 17.8 Å². The summed E-state index contributed by atoms with van der Waals surface area (Å²) < 4.78 is 5.64. The van der Waals surface area contributed by atoms with Crippen molar-refractivity contribution in [1.82, 2.24) is 0 Å². The molecule has 1 aliphatic carbocycles. The molecule has 0 spiro atoms. The second-order valence-electron chi connectivity index (χ2n) is 5.05. The molecule has 1 aromatic rings. The van der Waals surface area contributed by atoms with Crippen LogP contribution >= 0.6 is 0 Å². The highest BCUT2D eigenvalue weighted by molar-refractivity contribution is 5.25. The van der Waals surface area contributed by atoms with Crippen LogP contribution in [0.2, 0.25) is 0 Å². The first-order chi connectivity index (χ1) is 7.86. The Morgan fingerprint density at radius 1 is 1.06 bits per heavy atom. The Hall–Kier alpha value is -1.08. The van der Waals surface area contributed by atoms with Crippen molar-refractivity contribution in [2.75, 3.05) is 13.2 Å². The van der Waals surface area contributed by atoms with Gasteiger partial charge in [0, 0.05) is 5.92 Å². The van der Waals surface area contributed by atoms with E-state index >= 15 is 0 Å². The molecule has 0 saturated carbocycles. The molecule has 4 atom stereocenters. The minimum atomic E-state index is 0.630. The minimum Gasteiger partial charge on any atom is -0.380 e. The van der Waals surface area contributed by atoms with E-state index < -0.39 is 0 Å². The normalized spacial score (nSPS) is 37.3. The lowest BCUT2D eigenvalue weighted by molar-refractivity contribution is 0.176. The SMILES string of the molecule is C[C@@H]1C=C[C@@H]2COC[C@@H]2[C@H]1c1ccccc1. The fraction of sp³-hybridized carbons (Fsp3) is 0.467. The Kier molecular flexibility index (Phi) is 2.56. The molecule has 0 unspecified atom stereocenters. The van der Waals surface area contributed by atoms with E-state index in [-0.39, 0.29) is 0 Å². The summed E-state index contributed by atoms with van der Waals surface area (Å²) in [6, 6.07) is 10.9. The van der Waals surface area contributed by atoms with Gasteiger partial charge in [0.05, 0.1) is 13.2 Å². The third kappa shape index (κ3) is 1.60. The monoisotopic (exact) mass is 214 g/mol. The topological polar surface area (TPSA) is 9.23 Å². The molecular weight excluding hydrogens is 196 g/mol. The van der Waals surface area contributed by atoms with E-state index in [2.05, 4.69) is 49.4 Å². The molecule has 1 saturated heterocycles. The minimum absolute atomic E-state index is 0.630. The smallest absolute Gasteiger partial charge is 0.0532 e. The maximum Gasteiger partial charge on any atom is 0.0532 e. The molecule has 1 heteroatoms. The highest BCUT2D eigenvalue weighted by Crippen LogP contribution is 2.43. The lowest BCUT2D eigenvalue weighted by Gasteiger charge is -2.33. The Balaban J connectivity index is 1.96. The fourth-order valence-corrected chi connectivity index (χ4v) is 3.21. The van der Waals surface area contributed by atoms with Gasteiger partial charge in [-0.15, -0.1) is 0 Å². The largest absolute Gasteiger partial charge is 0.380 e. The van der Waals surface area contributed by atoms with Crippen LogP contribution in [0.3, 0.4) is 0 Å². The van der Waals surface area contributed by atoms with Crippen LogP contribution < -0.4 is 0 Å². The molecule has 0 radical (unpaired) electrons. The molecule has 0 amide bonds. The number of rotatable bonds is 1. The van der Waals surface area contributed by atoms with Crippen LogP contribution in [0.4, 0.5) is 0 Å². The molecule has 0 aromatic heterocycles. The molecule has 1 nitrogen and oxygen atoms in total. The molecule has 1 heterocycles. The number of benzene rings is 1. The molecule has 84 valence electrons. The molecule has 1 fully saturated rings. The average molecular weight is 214 g/mol. The van der Waals surface area contributed by atoms with Crippen molar-refractivity contribution >= 4 is 0 Å². The van der Waals surface area contributed by atoms with E-state index in [4.69, 9.17) is 4.74 Å². The van der Waals surface area contributed by atoms with Gasteiger partial charge in [0.15, 0.2) is 0 Å². The van der Waals surface area contributed by atoms with Crippen molar-refractivity contribution in [2.45, 2.75) is 12.8 Å². The predicted molar refractivity (Wildman–Crippen MR) is 65.3 cm³/mol. The maximum absolute atomic E-state index is 5.64. The molecule has 1 aliphatic heterocycles. The van der Waals surface area contributed by atoms with Gasteiger partial charge in [-0.1, -0.05) is 49.4 Å². The van der Waals surface area contributed by atoms with Crippen LogP contribution in [0.25, 0.3) is 0 Å². The summed E-state index contributed by atoms with van der Waals surface area (Å²) in [5, 5.41) is 0. The van der Waals surface area contributed by atoms with Gasteiger partial charge < -0.3 is 4.74 Å². The van der Waals surface area contributed by atoms with Gasteiger partial charge in [-0.3, -0.25) is 0 Å². The first kappa shape index (κ1) is 10.1. The Morgan fingerprint density at radius 3 is 2.69 bits per heavy atom. The summed E-state index contributed by atoms with van der Waals surface area (Å²) in [5.41, 5.74) is 1.47. The Morgan fingerprint density at radius 2 is 1.88 bits per heavy atom. The standard InChI is InChI=1S/C15H18O/c1-11-7-8-13-9-16-10-14(13)15(11)12-5-3-2-4-6-12/h2-8,11,13-15H,9-10H2,1H3/t11-,13-,14+,15-/m1/s1. The van der Waals surface area contributed by atoms with E-state index in [0.29, 0.717) is 23.7 Å². The summed E-state index contributed by atoms with van der Waals surface area (Å²) in [5.74, 6) is 2.59. The zero-order valence-corrected chi connectivity index (χ0v) is 9.67. The van der Waals surface area contributed by atoms with Crippen molar-refractivity contribution in [3.8, 4) is 0 Å². The van der Waals surface area contributed by atoms with Gasteiger partial charge in [0.25, 0.3) is 0 Å². The van der Waals surface area contributed by atoms with Crippen LogP contribution in [-0.4, -0.2) is 13.2 Å². The van der Waals surface area contributed by atoms with Gasteiger partial charge in [-0.25, -0.2) is 0 Å². The third-order valence-corrected chi connectivity index (χ3v) is 4.04. The number of hydrogen-bond donors (Lipinski definition) is 0. The summed E-state index contributed by atoms with van der Waals surface area (Å²) >= 11 is 0. The molecule has 0 N–H and O–H groups in total. The molecular formula is C15H18O. The Bertz CT molecular complexity index is 382. The van der Waals surface area contributed by atoms with Crippen molar-refractivity contribution in [3.63, 3.8) is 0 Å². The van der Waals surface area contributed by atoms with Gasteiger partial charge in [-0.05, 0) is 23.3 Å². The van der Waals surface area contributed by atoms with Gasteiger partial charge in [0.1, 0.15) is 0 Å². The van der Waals surface area contributed by atoms with Crippen molar-refractivity contribution < 1.29 is 4.74 Å². The maximum atomic E-state index is 5.64. The third-order valence-electron chi connectivity index (χ3n) is 4.04. The number of fused-ring (bicyclic) bond motifs is 1. The van der Waals surface area contributed by atoms with Crippen molar-refractivity contribution in [1.29, 1.82) is 0 Å². The van der Waals surface area contributed by atoms with Crippen LogP contribution in [0, 0.1) is 17.8 Å². The van der Waals surface area contributed by atoms with E-state index in [1.165, 1.54) is 5.56 Å². The quantitative estimate of drug-likeness (QED) is 0.652. The first-order valence-electron chi connectivity index (χ1n) is 6.17. The summed E-state index contributed by atoms with van der Waals surface area (Å²) in [7, 11) is 0. The Labute approximate surface area is 97.1 Å². The molecule has 1 aromatic carbocycles. The van der Waals surface area contributed by atoms with Crippen LogP contribution in [0.1, 0.15) is 18.4 Å². The molecule has 3 rings (SSSR count). The first-order valence-corrected chi connectivity index (χ1v) is 6.17.